The van der Waals surface area contributed by atoms with Crippen LogP contribution in [-0.4, -0.2) is 81.8 Å². The van der Waals surface area contributed by atoms with E-state index in [1.165, 1.54) is 88.5 Å². The summed E-state index contributed by atoms with van der Waals surface area (Å²) in [4.78, 5) is 26.4. The number of benzene rings is 1. The van der Waals surface area contributed by atoms with E-state index < -0.39 is 0 Å². The number of anilines is 1. The molecule has 3 aliphatic rings. The van der Waals surface area contributed by atoms with Crippen LogP contribution in [0.4, 0.5) is 5.82 Å². The Labute approximate surface area is 270 Å². The van der Waals surface area contributed by atoms with Crippen LogP contribution < -0.4 is 10.2 Å². The number of carbonyl (C=O) groups is 1. The summed E-state index contributed by atoms with van der Waals surface area (Å²) in [6, 6.07) is 14.0. The minimum Gasteiger partial charge on any atom is -0.349 e. The smallest absolute Gasteiger partial charge is 0.272 e. The van der Waals surface area contributed by atoms with Crippen molar-refractivity contribution in [1.82, 2.24) is 29.9 Å². The SMILES string of the molecule is CC(C)c1ccc(CN(c2ccc3c(C(=O)NC4CCN(CCN5CCCCC5)CC4)nn(C)c3n2)C2CCCCCC2)cc1. The maximum atomic E-state index is 13.5. The molecule has 8 heteroatoms. The van der Waals surface area contributed by atoms with Gasteiger partial charge in [-0.15, -0.1) is 0 Å². The van der Waals surface area contributed by atoms with Crippen LogP contribution in [0.2, 0.25) is 0 Å². The second-order valence-corrected chi connectivity index (χ2v) is 14.2. The molecule has 0 spiro atoms. The van der Waals surface area contributed by atoms with Gasteiger partial charge in [-0.3, -0.25) is 4.79 Å². The van der Waals surface area contributed by atoms with E-state index in [0.717, 1.165) is 55.9 Å². The van der Waals surface area contributed by atoms with Crippen molar-refractivity contribution in [2.75, 3.05) is 44.2 Å². The highest BCUT2D eigenvalue weighted by atomic mass is 16.2. The molecule has 0 unspecified atom stereocenters. The van der Waals surface area contributed by atoms with Gasteiger partial charge in [0.2, 0.25) is 0 Å². The minimum absolute atomic E-state index is 0.0761. The first-order chi connectivity index (χ1) is 21.9. The molecule has 6 rings (SSSR count). The molecule has 3 aromatic rings. The number of fused-ring (bicyclic) bond motifs is 1. The molecule has 3 fully saturated rings. The molecule has 1 N–H and O–H groups in total. The van der Waals surface area contributed by atoms with Gasteiger partial charge in [0.15, 0.2) is 11.3 Å². The lowest BCUT2D eigenvalue weighted by molar-refractivity contribution is 0.0901. The van der Waals surface area contributed by atoms with Gasteiger partial charge in [-0.05, 0) is 80.8 Å². The third-order valence-electron chi connectivity index (χ3n) is 10.6. The summed E-state index contributed by atoms with van der Waals surface area (Å²) in [6.45, 7) is 12.2. The Morgan fingerprint density at radius 3 is 2.16 bits per heavy atom. The highest BCUT2D eigenvalue weighted by molar-refractivity contribution is 6.04. The molecule has 1 aromatic carbocycles. The first kappa shape index (κ1) is 32.0. The number of hydrogen-bond donors (Lipinski definition) is 1. The molecule has 1 aliphatic carbocycles. The molecule has 2 saturated heterocycles. The second-order valence-electron chi connectivity index (χ2n) is 14.2. The normalized spacial score (nSPS) is 19.6. The van der Waals surface area contributed by atoms with Crippen LogP contribution in [0.5, 0.6) is 0 Å². The summed E-state index contributed by atoms with van der Waals surface area (Å²) in [5.41, 5.74) is 3.95. The highest BCUT2D eigenvalue weighted by Gasteiger charge is 2.26. The first-order valence-electron chi connectivity index (χ1n) is 17.9. The first-order valence-corrected chi connectivity index (χ1v) is 17.9. The summed E-state index contributed by atoms with van der Waals surface area (Å²) < 4.78 is 1.79. The predicted molar refractivity (Wildman–Crippen MR) is 184 cm³/mol. The molecular formula is C37H55N7O. The Morgan fingerprint density at radius 1 is 0.844 bits per heavy atom. The monoisotopic (exact) mass is 613 g/mol. The van der Waals surface area contributed by atoms with E-state index in [0.29, 0.717) is 17.7 Å². The lowest BCUT2D eigenvalue weighted by atomic mass is 10.0. The van der Waals surface area contributed by atoms with Gasteiger partial charge >= 0.3 is 0 Å². The van der Waals surface area contributed by atoms with E-state index in [1.807, 2.05) is 7.05 Å². The highest BCUT2D eigenvalue weighted by Crippen LogP contribution is 2.30. The van der Waals surface area contributed by atoms with Crippen molar-refractivity contribution >= 4 is 22.8 Å². The summed E-state index contributed by atoms with van der Waals surface area (Å²) >= 11 is 0. The van der Waals surface area contributed by atoms with Gasteiger partial charge in [0.25, 0.3) is 5.91 Å². The van der Waals surface area contributed by atoms with Gasteiger partial charge < -0.3 is 20.0 Å². The number of carbonyl (C=O) groups excluding carboxylic acids is 1. The number of hydrogen-bond acceptors (Lipinski definition) is 6. The van der Waals surface area contributed by atoms with Crippen LogP contribution in [-0.2, 0) is 13.6 Å². The molecule has 1 amide bonds. The van der Waals surface area contributed by atoms with Crippen LogP contribution in [0.1, 0.15) is 112 Å². The van der Waals surface area contributed by atoms with E-state index in [1.54, 1.807) is 4.68 Å². The quantitative estimate of drug-likeness (QED) is 0.263. The average Bonchev–Trinajstić information content (AvgIpc) is 3.20. The van der Waals surface area contributed by atoms with E-state index in [9.17, 15) is 4.79 Å². The molecule has 0 atom stereocenters. The average molecular weight is 614 g/mol. The molecular weight excluding hydrogens is 558 g/mol. The number of nitrogens with zero attached hydrogens (tertiary/aromatic N) is 6. The van der Waals surface area contributed by atoms with E-state index in [4.69, 9.17) is 10.1 Å². The number of piperidine rings is 2. The molecule has 2 aliphatic heterocycles. The van der Waals surface area contributed by atoms with Crippen LogP contribution >= 0.6 is 0 Å². The maximum Gasteiger partial charge on any atom is 0.272 e. The number of likely N-dealkylation sites (tertiary alicyclic amines) is 2. The molecule has 0 radical (unpaired) electrons. The number of rotatable bonds is 10. The Balaban J connectivity index is 1.13. The number of pyridine rings is 1. The van der Waals surface area contributed by atoms with Crippen molar-refractivity contribution < 1.29 is 4.79 Å². The number of aryl methyl sites for hydroxylation is 1. The number of amides is 1. The van der Waals surface area contributed by atoms with Gasteiger partial charge in [-0.1, -0.05) is 70.2 Å². The minimum atomic E-state index is -0.0761. The Hall–Kier alpha value is -2.97. The fourth-order valence-corrected chi connectivity index (χ4v) is 7.64. The van der Waals surface area contributed by atoms with E-state index >= 15 is 0 Å². The summed E-state index contributed by atoms with van der Waals surface area (Å²) in [5, 5.41) is 8.85. The molecule has 0 bridgehead atoms. The third-order valence-corrected chi connectivity index (χ3v) is 10.6. The lowest BCUT2D eigenvalue weighted by Gasteiger charge is -2.34. The number of aromatic nitrogens is 3. The fourth-order valence-electron chi connectivity index (χ4n) is 7.64. The molecule has 2 aromatic heterocycles. The van der Waals surface area contributed by atoms with Crippen LogP contribution in [0.15, 0.2) is 36.4 Å². The summed E-state index contributed by atoms with van der Waals surface area (Å²) in [5.74, 6) is 1.43. The molecule has 8 nitrogen and oxygen atoms in total. The zero-order valence-electron chi connectivity index (χ0n) is 28.0. The van der Waals surface area contributed by atoms with Gasteiger partial charge in [0, 0.05) is 51.9 Å². The Bertz CT molecular complexity index is 1380. The maximum absolute atomic E-state index is 13.5. The largest absolute Gasteiger partial charge is 0.349 e. The van der Waals surface area contributed by atoms with Crippen LogP contribution in [0.3, 0.4) is 0 Å². The molecule has 45 heavy (non-hydrogen) atoms. The van der Waals surface area contributed by atoms with Crippen molar-refractivity contribution in [2.45, 2.75) is 109 Å². The van der Waals surface area contributed by atoms with Crippen molar-refractivity contribution in [1.29, 1.82) is 0 Å². The molecule has 1 saturated carbocycles. The topological polar surface area (TPSA) is 69.5 Å². The predicted octanol–water partition coefficient (Wildman–Crippen LogP) is 6.50. The third kappa shape index (κ3) is 8.07. The van der Waals surface area contributed by atoms with Crippen LogP contribution in [0.25, 0.3) is 11.0 Å². The van der Waals surface area contributed by atoms with Gasteiger partial charge in [0.1, 0.15) is 5.82 Å². The second kappa shape index (κ2) is 15.1. The summed E-state index contributed by atoms with van der Waals surface area (Å²) in [7, 11) is 1.91. The lowest BCUT2D eigenvalue weighted by Crippen LogP contribution is -2.47. The Morgan fingerprint density at radius 2 is 1.49 bits per heavy atom. The van der Waals surface area contributed by atoms with Gasteiger partial charge in [-0.25, -0.2) is 9.67 Å². The summed E-state index contributed by atoms with van der Waals surface area (Å²) in [6.07, 6.45) is 13.6. The van der Waals surface area contributed by atoms with Crippen molar-refractivity contribution in [2.24, 2.45) is 7.05 Å². The molecule has 4 heterocycles. The van der Waals surface area contributed by atoms with Crippen molar-refractivity contribution in [3.8, 4) is 0 Å². The number of nitrogens with one attached hydrogen (secondary N) is 1. The van der Waals surface area contributed by atoms with Gasteiger partial charge in [0.05, 0.1) is 5.39 Å². The van der Waals surface area contributed by atoms with E-state index in [-0.39, 0.29) is 11.9 Å². The Kier molecular flexibility index (Phi) is 10.7. The zero-order chi connectivity index (χ0) is 31.2. The van der Waals surface area contributed by atoms with Crippen molar-refractivity contribution in [3.63, 3.8) is 0 Å². The van der Waals surface area contributed by atoms with Crippen LogP contribution in [0, 0.1) is 0 Å². The standard InChI is InChI=1S/C37H55N7O/c1-28(2)30-15-13-29(14-16-30)27-44(32-11-7-4-5-8-12-32)34-18-17-33-35(40-41(3)36(33)39-34)37(45)38-31-19-23-43(24-20-31)26-25-42-21-9-6-10-22-42/h13-18,28,31-32H,4-12,19-27H2,1-3H3,(H,38,45). The van der Waals surface area contributed by atoms with E-state index in [2.05, 4.69) is 70.3 Å². The van der Waals surface area contributed by atoms with Crippen molar-refractivity contribution in [3.05, 3.63) is 53.2 Å². The fraction of sp³-hybridized carbons (Fsp3) is 0.649. The molecule has 244 valence electrons. The van der Waals surface area contributed by atoms with Gasteiger partial charge in [-0.2, -0.15) is 5.10 Å². The zero-order valence-corrected chi connectivity index (χ0v) is 28.0.